The van der Waals surface area contributed by atoms with Gasteiger partial charge in [0.05, 0.1) is 12.7 Å². The number of aryl methyl sites for hydroxylation is 1. The third-order valence-electron chi connectivity index (χ3n) is 6.04. The minimum atomic E-state index is -0.378. The van der Waals surface area contributed by atoms with Crippen molar-refractivity contribution in [1.29, 1.82) is 0 Å². The van der Waals surface area contributed by atoms with Crippen molar-refractivity contribution in [2.45, 2.75) is 45.6 Å². The van der Waals surface area contributed by atoms with Gasteiger partial charge in [0, 0.05) is 35.7 Å². The molecule has 1 aliphatic heterocycles. The number of hydrogen-bond acceptors (Lipinski definition) is 5. The van der Waals surface area contributed by atoms with Crippen LogP contribution in [0.15, 0.2) is 71.1 Å². The summed E-state index contributed by atoms with van der Waals surface area (Å²) in [5, 5.41) is 3.32. The van der Waals surface area contributed by atoms with E-state index in [9.17, 15) is 9.59 Å². The summed E-state index contributed by atoms with van der Waals surface area (Å²) in [6.45, 7) is 4.09. The Labute approximate surface area is 182 Å². The second-order valence-electron chi connectivity index (χ2n) is 8.19. The van der Waals surface area contributed by atoms with Crippen molar-refractivity contribution in [2.24, 2.45) is 0 Å². The van der Waals surface area contributed by atoms with E-state index >= 15 is 0 Å². The van der Waals surface area contributed by atoms with Crippen LogP contribution in [0.25, 0.3) is 0 Å². The fraction of sp³-hybridized carbons (Fsp3) is 0.308. The van der Waals surface area contributed by atoms with Crippen LogP contribution in [-0.4, -0.2) is 18.9 Å². The van der Waals surface area contributed by atoms with Crippen LogP contribution in [0.3, 0.4) is 0 Å². The quantitative estimate of drug-likeness (QED) is 0.714. The summed E-state index contributed by atoms with van der Waals surface area (Å²) in [6, 6.07) is 15.7. The molecule has 1 aliphatic carbocycles. The molecule has 4 rings (SSSR count). The second kappa shape index (κ2) is 8.80. The summed E-state index contributed by atoms with van der Waals surface area (Å²) in [7, 11) is 1.65. The standard InChI is InChI=1S/C26H27NO4/c1-16-8-10-18(11-9-16)15-31-26(29)21-14-22-23(27-17(21)2)12-19(13-24(22)28)20-6-4-5-7-25(20)30-3/h4-11,19,27H,12-15H2,1-3H3. The molecule has 0 spiro atoms. The van der Waals surface area contributed by atoms with Crippen LogP contribution in [0.5, 0.6) is 5.75 Å². The first kappa shape index (κ1) is 20.9. The minimum absolute atomic E-state index is 0.0535. The number of nitrogens with one attached hydrogen (secondary N) is 1. The molecule has 0 fully saturated rings. The lowest BCUT2D eigenvalue weighted by molar-refractivity contribution is -0.140. The average Bonchev–Trinajstić information content (AvgIpc) is 2.78. The average molecular weight is 418 g/mol. The summed E-state index contributed by atoms with van der Waals surface area (Å²) in [6.07, 6.45) is 1.44. The maximum Gasteiger partial charge on any atom is 0.336 e. The number of dihydropyridines is 1. The fourth-order valence-corrected chi connectivity index (χ4v) is 4.27. The van der Waals surface area contributed by atoms with Crippen LogP contribution in [0.1, 0.15) is 48.8 Å². The van der Waals surface area contributed by atoms with E-state index in [4.69, 9.17) is 9.47 Å². The molecule has 5 heteroatoms. The van der Waals surface area contributed by atoms with Gasteiger partial charge in [-0.15, -0.1) is 0 Å². The van der Waals surface area contributed by atoms with E-state index in [1.54, 1.807) is 7.11 Å². The van der Waals surface area contributed by atoms with Gasteiger partial charge in [0.15, 0.2) is 5.78 Å². The summed E-state index contributed by atoms with van der Waals surface area (Å²) >= 11 is 0. The number of carbonyl (C=O) groups is 2. The Balaban J connectivity index is 1.47. The molecule has 160 valence electrons. The molecule has 2 aliphatic rings. The zero-order valence-corrected chi connectivity index (χ0v) is 18.2. The van der Waals surface area contributed by atoms with E-state index in [1.807, 2.05) is 62.4 Å². The molecule has 1 atom stereocenters. The normalized spacial score (nSPS) is 18.4. The van der Waals surface area contributed by atoms with Gasteiger partial charge in [-0.1, -0.05) is 48.0 Å². The molecular weight excluding hydrogens is 390 g/mol. The Morgan fingerprint density at radius 2 is 1.81 bits per heavy atom. The van der Waals surface area contributed by atoms with Crippen molar-refractivity contribution >= 4 is 11.8 Å². The first-order chi connectivity index (χ1) is 15.0. The van der Waals surface area contributed by atoms with Crippen molar-refractivity contribution < 1.29 is 19.1 Å². The topological polar surface area (TPSA) is 64.6 Å². The molecule has 2 aromatic rings. The van der Waals surface area contributed by atoms with E-state index in [0.29, 0.717) is 30.4 Å². The lowest BCUT2D eigenvalue weighted by Gasteiger charge is -2.32. The molecule has 31 heavy (non-hydrogen) atoms. The van der Waals surface area contributed by atoms with Gasteiger partial charge in [-0.25, -0.2) is 4.79 Å². The van der Waals surface area contributed by atoms with Gasteiger partial charge >= 0.3 is 5.97 Å². The maximum atomic E-state index is 13.0. The zero-order valence-electron chi connectivity index (χ0n) is 18.2. The Kier molecular flexibility index (Phi) is 5.94. The highest BCUT2D eigenvalue weighted by Gasteiger charge is 2.34. The van der Waals surface area contributed by atoms with Gasteiger partial charge in [-0.2, -0.15) is 0 Å². The fourth-order valence-electron chi connectivity index (χ4n) is 4.27. The van der Waals surface area contributed by atoms with Gasteiger partial charge in [0.25, 0.3) is 0 Å². The summed E-state index contributed by atoms with van der Waals surface area (Å²) in [5.41, 5.74) is 6.01. The molecule has 0 bridgehead atoms. The van der Waals surface area contributed by atoms with E-state index < -0.39 is 0 Å². The molecule has 0 aromatic heterocycles. The number of hydrogen-bond donors (Lipinski definition) is 1. The summed E-state index contributed by atoms with van der Waals surface area (Å²) < 4.78 is 11.0. The molecule has 2 aromatic carbocycles. The predicted molar refractivity (Wildman–Crippen MR) is 118 cm³/mol. The van der Waals surface area contributed by atoms with Crippen LogP contribution in [0.4, 0.5) is 0 Å². The van der Waals surface area contributed by atoms with Crippen molar-refractivity contribution in [3.8, 4) is 5.75 Å². The van der Waals surface area contributed by atoms with Gasteiger partial charge in [-0.05, 0) is 37.5 Å². The summed E-state index contributed by atoms with van der Waals surface area (Å²) in [5.74, 6) is 0.545. The highest BCUT2D eigenvalue weighted by atomic mass is 16.5. The van der Waals surface area contributed by atoms with Crippen molar-refractivity contribution in [3.63, 3.8) is 0 Å². The largest absolute Gasteiger partial charge is 0.496 e. The third kappa shape index (κ3) is 4.41. The Morgan fingerprint density at radius 1 is 1.06 bits per heavy atom. The number of ether oxygens (including phenoxy) is 2. The van der Waals surface area contributed by atoms with Crippen LogP contribution < -0.4 is 10.1 Å². The summed E-state index contributed by atoms with van der Waals surface area (Å²) in [4.78, 5) is 25.7. The van der Waals surface area contributed by atoms with Gasteiger partial charge in [-0.3, -0.25) is 4.79 Å². The molecule has 5 nitrogen and oxygen atoms in total. The van der Waals surface area contributed by atoms with Crippen LogP contribution in [0.2, 0.25) is 0 Å². The molecule has 0 amide bonds. The highest BCUT2D eigenvalue weighted by Crippen LogP contribution is 2.41. The van der Waals surface area contributed by atoms with E-state index in [1.165, 1.54) is 0 Å². The Bertz CT molecular complexity index is 1080. The number of esters is 1. The second-order valence-corrected chi connectivity index (χ2v) is 8.19. The number of para-hydroxylation sites is 1. The Hall–Kier alpha value is -3.34. The zero-order chi connectivity index (χ0) is 22.0. The molecule has 1 unspecified atom stereocenters. The molecule has 1 N–H and O–H groups in total. The number of ketones is 1. The molecule has 0 saturated carbocycles. The monoisotopic (exact) mass is 417 g/mol. The number of Topliss-reactive ketones (excluding diaryl/α,β-unsaturated/α-hetero) is 1. The maximum absolute atomic E-state index is 13.0. The predicted octanol–water partition coefficient (Wildman–Crippen LogP) is 4.71. The molecular formula is C26H27NO4. The molecule has 0 radical (unpaired) electrons. The van der Waals surface area contributed by atoms with Crippen LogP contribution in [-0.2, 0) is 20.9 Å². The minimum Gasteiger partial charge on any atom is -0.496 e. The lowest BCUT2D eigenvalue weighted by atomic mass is 9.78. The van der Waals surface area contributed by atoms with Crippen molar-refractivity contribution in [2.75, 3.05) is 7.11 Å². The van der Waals surface area contributed by atoms with E-state index in [0.717, 1.165) is 33.8 Å². The molecule has 0 saturated heterocycles. The number of rotatable bonds is 5. The Morgan fingerprint density at radius 3 is 2.55 bits per heavy atom. The van der Waals surface area contributed by atoms with E-state index in [-0.39, 0.29) is 24.3 Å². The van der Waals surface area contributed by atoms with Crippen molar-refractivity contribution in [3.05, 3.63) is 87.8 Å². The first-order valence-electron chi connectivity index (χ1n) is 10.5. The van der Waals surface area contributed by atoms with Gasteiger partial charge in [0.1, 0.15) is 12.4 Å². The van der Waals surface area contributed by atoms with Gasteiger partial charge < -0.3 is 14.8 Å². The number of benzene rings is 2. The van der Waals surface area contributed by atoms with Crippen LogP contribution >= 0.6 is 0 Å². The van der Waals surface area contributed by atoms with Crippen LogP contribution in [0, 0.1) is 6.92 Å². The highest BCUT2D eigenvalue weighted by molar-refractivity contribution is 6.01. The number of methoxy groups -OCH3 is 1. The lowest BCUT2D eigenvalue weighted by Crippen LogP contribution is -2.31. The number of allylic oxidation sites excluding steroid dienone is 3. The molecule has 1 heterocycles. The first-order valence-corrected chi connectivity index (χ1v) is 10.5. The number of carbonyl (C=O) groups excluding carboxylic acids is 2. The van der Waals surface area contributed by atoms with E-state index in [2.05, 4.69) is 5.32 Å². The SMILES string of the molecule is COc1ccccc1C1CC(=O)C2=C(C1)NC(C)=C(C(=O)OCc1ccc(C)cc1)C2. The third-order valence-corrected chi connectivity index (χ3v) is 6.04. The van der Waals surface area contributed by atoms with Crippen molar-refractivity contribution in [1.82, 2.24) is 5.32 Å². The smallest absolute Gasteiger partial charge is 0.336 e. The van der Waals surface area contributed by atoms with Gasteiger partial charge in [0.2, 0.25) is 0 Å².